The number of carbonyl (C=O) groups excluding carboxylic acids is 1. The van der Waals surface area contributed by atoms with Crippen molar-refractivity contribution in [3.8, 4) is 0 Å². The summed E-state index contributed by atoms with van der Waals surface area (Å²) in [6.07, 6.45) is 1.39. The van der Waals surface area contributed by atoms with Crippen LogP contribution in [0, 0.1) is 11.8 Å². The van der Waals surface area contributed by atoms with Crippen LogP contribution in [0.3, 0.4) is 0 Å². The molecule has 11 heavy (non-hydrogen) atoms. The van der Waals surface area contributed by atoms with Crippen LogP contribution in [0.2, 0.25) is 0 Å². The van der Waals surface area contributed by atoms with Gasteiger partial charge in [-0.05, 0) is 25.2 Å². The number of carbonyl (C=O) groups is 1. The number of hydrogen-bond acceptors (Lipinski definition) is 2. The van der Waals surface area contributed by atoms with Crippen LogP contribution in [0.4, 0.5) is 0 Å². The molecule has 2 aliphatic rings. The zero-order valence-corrected chi connectivity index (χ0v) is 7.27. The molecular weight excluding hydrogens is 162 g/mol. The van der Waals surface area contributed by atoms with Gasteiger partial charge in [0.15, 0.2) is 5.78 Å². The molecule has 0 radical (unpaired) electrons. The Morgan fingerprint density at radius 3 is 2.82 bits per heavy atom. The first-order valence-electron chi connectivity index (χ1n) is 3.99. The summed E-state index contributed by atoms with van der Waals surface area (Å²) >= 11 is 5.81. The van der Waals surface area contributed by atoms with Gasteiger partial charge in [-0.1, -0.05) is 0 Å². The standard InChI is InChI=1S/C8H12ClNO/c1-8(10)4-2-6(9)7(11)3-5(4)8/h4-6H,2-3,10H2,1H3/t4?,5?,6-,8?/m1/s1. The van der Waals surface area contributed by atoms with Crippen LogP contribution in [0.1, 0.15) is 19.8 Å². The van der Waals surface area contributed by atoms with Crippen LogP contribution in [0.25, 0.3) is 0 Å². The van der Waals surface area contributed by atoms with E-state index in [9.17, 15) is 4.79 Å². The minimum atomic E-state index is -0.262. The molecule has 2 N–H and O–H groups in total. The lowest BCUT2D eigenvalue weighted by atomic mass is 9.99. The van der Waals surface area contributed by atoms with Crippen LogP contribution < -0.4 is 5.73 Å². The predicted molar refractivity (Wildman–Crippen MR) is 43.5 cm³/mol. The second kappa shape index (κ2) is 1.99. The summed E-state index contributed by atoms with van der Waals surface area (Å²) in [5.41, 5.74) is 5.83. The summed E-state index contributed by atoms with van der Waals surface area (Å²) in [5.74, 6) is 1.11. The summed E-state index contributed by atoms with van der Waals surface area (Å²) in [7, 11) is 0. The predicted octanol–water partition coefficient (Wildman–Crippen LogP) is 0.920. The number of alkyl halides is 1. The summed E-state index contributed by atoms with van der Waals surface area (Å²) in [5, 5.41) is -0.262. The van der Waals surface area contributed by atoms with Crippen molar-refractivity contribution < 1.29 is 4.79 Å². The number of rotatable bonds is 0. The number of halogens is 1. The van der Waals surface area contributed by atoms with E-state index in [1.807, 2.05) is 6.92 Å². The highest BCUT2D eigenvalue weighted by Gasteiger charge is 2.62. The third-order valence-corrected chi connectivity index (χ3v) is 3.63. The SMILES string of the molecule is CC1(N)C2CC(=O)[C@H](Cl)CC21. The van der Waals surface area contributed by atoms with Gasteiger partial charge in [-0.15, -0.1) is 11.6 Å². The zero-order chi connectivity index (χ0) is 8.22. The average Bonchev–Trinajstić information content (AvgIpc) is 2.39. The molecule has 0 aliphatic heterocycles. The Balaban J connectivity index is 2.12. The highest BCUT2D eigenvalue weighted by Crippen LogP contribution is 2.56. The molecule has 0 spiro atoms. The molecule has 2 fully saturated rings. The molecule has 0 heterocycles. The van der Waals surface area contributed by atoms with Crippen LogP contribution in [-0.4, -0.2) is 16.7 Å². The Bertz CT molecular complexity index is 214. The normalized spacial score (nSPS) is 55.5. The van der Waals surface area contributed by atoms with Gasteiger partial charge in [-0.2, -0.15) is 0 Å². The van der Waals surface area contributed by atoms with Crippen LogP contribution in [0.5, 0.6) is 0 Å². The average molecular weight is 174 g/mol. The van der Waals surface area contributed by atoms with E-state index in [0.717, 1.165) is 6.42 Å². The van der Waals surface area contributed by atoms with Gasteiger partial charge in [0.2, 0.25) is 0 Å². The van der Waals surface area contributed by atoms with Crippen molar-refractivity contribution in [2.45, 2.75) is 30.7 Å². The molecule has 2 rings (SSSR count). The number of fused-ring (bicyclic) bond motifs is 1. The first-order chi connectivity index (χ1) is 5.03. The molecule has 3 heteroatoms. The number of ketones is 1. The Hall–Kier alpha value is -0.0800. The Labute approximate surface area is 71.1 Å². The van der Waals surface area contributed by atoms with E-state index in [1.165, 1.54) is 0 Å². The lowest BCUT2D eigenvalue weighted by molar-refractivity contribution is -0.120. The second-order valence-corrected chi connectivity index (χ2v) is 4.48. The third-order valence-electron chi connectivity index (χ3n) is 3.21. The summed E-state index contributed by atoms with van der Waals surface area (Å²) < 4.78 is 0. The maximum atomic E-state index is 11.1. The number of Topliss-reactive ketones (excluding diaryl/α,β-unsaturated/α-hetero) is 1. The lowest BCUT2D eigenvalue weighted by Crippen LogP contribution is -2.21. The molecule has 0 amide bonds. The molecule has 0 bridgehead atoms. The first-order valence-corrected chi connectivity index (χ1v) is 4.43. The van der Waals surface area contributed by atoms with Crippen molar-refractivity contribution >= 4 is 17.4 Å². The van der Waals surface area contributed by atoms with Gasteiger partial charge >= 0.3 is 0 Å². The van der Waals surface area contributed by atoms with E-state index in [1.54, 1.807) is 0 Å². The monoisotopic (exact) mass is 173 g/mol. The van der Waals surface area contributed by atoms with E-state index in [0.29, 0.717) is 18.3 Å². The highest BCUT2D eigenvalue weighted by molar-refractivity contribution is 6.31. The number of nitrogens with two attached hydrogens (primary N) is 1. The van der Waals surface area contributed by atoms with Crippen LogP contribution in [-0.2, 0) is 4.79 Å². The van der Waals surface area contributed by atoms with Gasteiger partial charge in [-0.25, -0.2) is 0 Å². The molecule has 0 aromatic carbocycles. The third kappa shape index (κ3) is 0.926. The van der Waals surface area contributed by atoms with Crippen molar-refractivity contribution in [3.63, 3.8) is 0 Å². The van der Waals surface area contributed by atoms with E-state index < -0.39 is 0 Å². The fourth-order valence-electron chi connectivity index (χ4n) is 2.20. The van der Waals surface area contributed by atoms with Gasteiger partial charge in [0, 0.05) is 12.0 Å². The maximum Gasteiger partial charge on any atom is 0.151 e. The van der Waals surface area contributed by atoms with Gasteiger partial charge in [-0.3, -0.25) is 4.79 Å². The van der Waals surface area contributed by atoms with Crippen LogP contribution >= 0.6 is 11.6 Å². The Morgan fingerprint density at radius 1 is 1.64 bits per heavy atom. The van der Waals surface area contributed by atoms with Gasteiger partial charge in [0.1, 0.15) is 0 Å². The summed E-state index contributed by atoms with van der Waals surface area (Å²) in [6.45, 7) is 2.02. The molecule has 0 saturated heterocycles. The minimum absolute atomic E-state index is 0.0979. The van der Waals surface area contributed by atoms with Gasteiger partial charge in [0.25, 0.3) is 0 Å². The molecule has 2 saturated carbocycles. The molecule has 0 aromatic heterocycles. The van der Waals surface area contributed by atoms with Gasteiger partial charge < -0.3 is 5.73 Å². The molecule has 4 atom stereocenters. The molecule has 2 nitrogen and oxygen atoms in total. The fraction of sp³-hybridized carbons (Fsp3) is 0.875. The fourth-order valence-corrected chi connectivity index (χ4v) is 2.48. The van der Waals surface area contributed by atoms with Crippen molar-refractivity contribution in [1.29, 1.82) is 0 Å². The first kappa shape index (κ1) is 7.56. The zero-order valence-electron chi connectivity index (χ0n) is 6.51. The summed E-state index contributed by atoms with van der Waals surface area (Å²) in [6, 6.07) is 0. The smallest absolute Gasteiger partial charge is 0.151 e. The van der Waals surface area contributed by atoms with E-state index >= 15 is 0 Å². The minimum Gasteiger partial charge on any atom is -0.325 e. The summed E-state index contributed by atoms with van der Waals surface area (Å²) in [4.78, 5) is 11.1. The molecule has 62 valence electrons. The van der Waals surface area contributed by atoms with E-state index in [4.69, 9.17) is 17.3 Å². The molecular formula is C8H12ClNO. The molecule has 0 aromatic rings. The van der Waals surface area contributed by atoms with E-state index in [2.05, 4.69) is 0 Å². The second-order valence-electron chi connectivity index (χ2n) is 3.95. The Morgan fingerprint density at radius 2 is 2.27 bits per heavy atom. The topological polar surface area (TPSA) is 43.1 Å². The van der Waals surface area contributed by atoms with Gasteiger partial charge in [0.05, 0.1) is 5.38 Å². The maximum absolute atomic E-state index is 11.1. The lowest BCUT2D eigenvalue weighted by Gasteiger charge is -2.11. The highest BCUT2D eigenvalue weighted by atomic mass is 35.5. The van der Waals surface area contributed by atoms with Crippen molar-refractivity contribution in [3.05, 3.63) is 0 Å². The largest absolute Gasteiger partial charge is 0.325 e. The van der Waals surface area contributed by atoms with Crippen LogP contribution in [0.15, 0.2) is 0 Å². The van der Waals surface area contributed by atoms with Crippen molar-refractivity contribution in [2.75, 3.05) is 0 Å². The van der Waals surface area contributed by atoms with E-state index in [-0.39, 0.29) is 16.7 Å². The molecule has 3 unspecified atom stereocenters. The van der Waals surface area contributed by atoms with Crippen molar-refractivity contribution in [1.82, 2.24) is 0 Å². The van der Waals surface area contributed by atoms with Crippen molar-refractivity contribution in [2.24, 2.45) is 17.6 Å². The Kier molecular flexibility index (Phi) is 1.37. The molecule has 2 aliphatic carbocycles. The quantitative estimate of drug-likeness (QED) is 0.554. The number of hydrogen-bond donors (Lipinski definition) is 1.